The first-order chi connectivity index (χ1) is 8.24. The van der Waals surface area contributed by atoms with Gasteiger partial charge >= 0.3 is 0 Å². The van der Waals surface area contributed by atoms with Gasteiger partial charge in [0.15, 0.2) is 5.96 Å². The van der Waals surface area contributed by atoms with Gasteiger partial charge < -0.3 is 16.2 Å². The minimum absolute atomic E-state index is 0.0417. The van der Waals surface area contributed by atoms with Gasteiger partial charge in [-0.15, -0.1) is 11.3 Å². The molecule has 0 atom stereocenters. The maximum absolute atomic E-state index is 9.14. The second-order valence-corrected chi connectivity index (χ2v) is 5.65. The van der Waals surface area contributed by atoms with E-state index in [2.05, 4.69) is 27.8 Å². The third-order valence-electron chi connectivity index (χ3n) is 3.13. The molecule has 1 aliphatic rings. The zero-order chi connectivity index (χ0) is 12.1. The van der Waals surface area contributed by atoms with Gasteiger partial charge in [-0.25, -0.2) is 0 Å². The maximum Gasteiger partial charge on any atom is 0.188 e. The Morgan fingerprint density at radius 1 is 1.59 bits per heavy atom. The largest absolute Gasteiger partial charge is 0.396 e. The SMILES string of the molecule is NC(=NCC1(CO)CC1)NCCc1cccs1. The molecule has 94 valence electrons. The van der Waals surface area contributed by atoms with Crippen molar-refractivity contribution in [2.45, 2.75) is 19.3 Å². The number of thiophene rings is 1. The molecule has 0 unspecified atom stereocenters. The van der Waals surface area contributed by atoms with E-state index in [0.717, 1.165) is 25.8 Å². The Morgan fingerprint density at radius 3 is 3.00 bits per heavy atom. The van der Waals surface area contributed by atoms with E-state index in [1.807, 2.05) is 0 Å². The van der Waals surface area contributed by atoms with Crippen LogP contribution < -0.4 is 11.1 Å². The van der Waals surface area contributed by atoms with Crippen molar-refractivity contribution in [2.75, 3.05) is 19.7 Å². The Hall–Kier alpha value is -1.07. The average Bonchev–Trinajstić information content (AvgIpc) is 2.95. The van der Waals surface area contributed by atoms with Crippen LogP contribution in [0.3, 0.4) is 0 Å². The summed E-state index contributed by atoms with van der Waals surface area (Å²) in [4.78, 5) is 5.62. The van der Waals surface area contributed by atoms with E-state index in [0.29, 0.717) is 12.5 Å². The molecule has 4 nitrogen and oxygen atoms in total. The van der Waals surface area contributed by atoms with Crippen molar-refractivity contribution in [3.63, 3.8) is 0 Å². The topological polar surface area (TPSA) is 70.6 Å². The monoisotopic (exact) mass is 253 g/mol. The smallest absolute Gasteiger partial charge is 0.188 e. The molecule has 0 amide bonds. The number of aliphatic hydroxyl groups is 1. The number of hydrogen-bond donors (Lipinski definition) is 3. The van der Waals surface area contributed by atoms with Gasteiger partial charge in [0.05, 0.1) is 13.2 Å². The van der Waals surface area contributed by atoms with Gasteiger partial charge in [-0.3, -0.25) is 4.99 Å². The molecule has 2 rings (SSSR count). The van der Waals surface area contributed by atoms with E-state index >= 15 is 0 Å². The molecule has 1 aromatic rings. The number of aliphatic hydroxyl groups excluding tert-OH is 1. The van der Waals surface area contributed by atoms with Gasteiger partial charge in [0.2, 0.25) is 0 Å². The fraction of sp³-hybridized carbons (Fsp3) is 0.583. The summed E-state index contributed by atoms with van der Waals surface area (Å²) < 4.78 is 0. The number of guanidine groups is 1. The minimum atomic E-state index is 0.0417. The zero-order valence-corrected chi connectivity index (χ0v) is 10.7. The van der Waals surface area contributed by atoms with E-state index in [-0.39, 0.29) is 12.0 Å². The molecule has 4 N–H and O–H groups in total. The van der Waals surface area contributed by atoms with Crippen LogP contribution in [-0.4, -0.2) is 30.8 Å². The summed E-state index contributed by atoms with van der Waals surface area (Å²) in [6.07, 6.45) is 3.10. The van der Waals surface area contributed by atoms with Crippen LogP contribution >= 0.6 is 11.3 Å². The molecule has 0 aromatic carbocycles. The molecule has 0 spiro atoms. The molecule has 1 aromatic heterocycles. The van der Waals surface area contributed by atoms with E-state index in [4.69, 9.17) is 10.8 Å². The van der Waals surface area contributed by atoms with E-state index in [1.54, 1.807) is 11.3 Å². The Bertz CT molecular complexity index is 371. The van der Waals surface area contributed by atoms with Gasteiger partial charge in [-0.05, 0) is 30.7 Å². The fourth-order valence-corrected chi connectivity index (χ4v) is 2.33. The van der Waals surface area contributed by atoms with Gasteiger partial charge in [0, 0.05) is 16.8 Å². The lowest BCUT2D eigenvalue weighted by Crippen LogP contribution is -2.34. The van der Waals surface area contributed by atoms with Gasteiger partial charge in [-0.2, -0.15) is 0 Å². The highest BCUT2D eigenvalue weighted by molar-refractivity contribution is 7.09. The number of nitrogens with zero attached hydrogens (tertiary/aromatic N) is 1. The van der Waals surface area contributed by atoms with Crippen LogP contribution in [-0.2, 0) is 6.42 Å². The van der Waals surface area contributed by atoms with Crippen molar-refractivity contribution in [3.8, 4) is 0 Å². The summed E-state index contributed by atoms with van der Waals surface area (Å²) in [5, 5.41) is 14.3. The third-order valence-corrected chi connectivity index (χ3v) is 4.07. The normalized spacial score (nSPS) is 18.1. The molecule has 1 fully saturated rings. The fourth-order valence-electron chi connectivity index (χ4n) is 1.62. The van der Waals surface area contributed by atoms with Crippen LogP contribution in [0.2, 0.25) is 0 Å². The molecule has 0 radical (unpaired) electrons. The van der Waals surface area contributed by atoms with E-state index in [9.17, 15) is 0 Å². The van der Waals surface area contributed by atoms with E-state index < -0.39 is 0 Å². The summed E-state index contributed by atoms with van der Waals surface area (Å²) in [6, 6.07) is 4.17. The summed E-state index contributed by atoms with van der Waals surface area (Å²) in [7, 11) is 0. The highest BCUT2D eigenvalue weighted by Gasteiger charge is 2.41. The Kier molecular flexibility index (Phi) is 4.02. The summed E-state index contributed by atoms with van der Waals surface area (Å²) in [5.74, 6) is 0.487. The van der Waals surface area contributed by atoms with Crippen LogP contribution in [0.15, 0.2) is 22.5 Å². The second kappa shape index (κ2) is 5.51. The molecule has 0 saturated heterocycles. The van der Waals surface area contributed by atoms with Crippen LogP contribution in [0.4, 0.5) is 0 Å². The van der Waals surface area contributed by atoms with Gasteiger partial charge in [-0.1, -0.05) is 6.07 Å². The standard InChI is InChI=1S/C12H19N3OS/c13-11(15-8-12(9-16)4-5-12)14-6-3-10-2-1-7-17-10/h1-2,7,16H,3-6,8-9H2,(H3,13,14,15). The molecule has 1 aliphatic carbocycles. The van der Waals surface area contributed by atoms with Crippen molar-refractivity contribution in [1.82, 2.24) is 5.32 Å². The molecule has 17 heavy (non-hydrogen) atoms. The van der Waals surface area contributed by atoms with Gasteiger partial charge in [0.25, 0.3) is 0 Å². The third kappa shape index (κ3) is 3.71. The van der Waals surface area contributed by atoms with Crippen molar-refractivity contribution in [1.29, 1.82) is 0 Å². The summed E-state index contributed by atoms with van der Waals surface area (Å²) in [5.41, 5.74) is 5.81. The Morgan fingerprint density at radius 2 is 2.41 bits per heavy atom. The number of nitrogens with two attached hydrogens (primary N) is 1. The predicted octanol–water partition coefficient (Wildman–Crippen LogP) is 0.967. The molecular weight excluding hydrogens is 234 g/mol. The average molecular weight is 253 g/mol. The number of aliphatic imine (C=N–C) groups is 1. The van der Waals surface area contributed by atoms with Crippen molar-refractivity contribution < 1.29 is 5.11 Å². The maximum atomic E-state index is 9.14. The molecular formula is C12H19N3OS. The van der Waals surface area contributed by atoms with Crippen molar-refractivity contribution in [3.05, 3.63) is 22.4 Å². The lowest BCUT2D eigenvalue weighted by atomic mass is 10.1. The van der Waals surface area contributed by atoms with Crippen molar-refractivity contribution in [2.24, 2.45) is 16.1 Å². The van der Waals surface area contributed by atoms with Crippen LogP contribution in [0.5, 0.6) is 0 Å². The van der Waals surface area contributed by atoms with Gasteiger partial charge in [0.1, 0.15) is 0 Å². The minimum Gasteiger partial charge on any atom is -0.396 e. The Labute approximate surface area is 106 Å². The second-order valence-electron chi connectivity index (χ2n) is 4.62. The lowest BCUT2D eigenvalue weighted by molar-refractivity contribution is 0.217. The van der Waals surface area contributed by atoms with Crippen LogP contribution in [0.25, 0.3) is 0 Å². The van der Waals surface area contributed by atoms with Crippen LogP contribution in [0, 0.1) is 5.41 Å². The first-order valence-corrected chi connectivity index (χ1v) is 6.79. The quantitative estimate of drug-likeness (QED) is 0.522. The molecule has 0 aliphatic heterocycles. The summed E-state index contributed by atoms with van der Waals surface area (Å²) in [6.45, 7) is 1.67. The number of rotatable bonds is 6. The number of hydrogen-bond acceptors (Lipinski definition) is 3. The zero-order valence-electron chi connectivity index (χ0n) is 9.85. The van der Waals surface area contributed by atoms with E-state index in [1.165, 1.54) is 4.88 Å². The Balaban J connectivity index is 1.66. The highest BCUT2D eigenvalue weighted by Crippen LogP contribution is 2.45. The summed E-state index contributed by atoms with van der Waals surface area (Å²) >= 11 is 1.75. The number of nitrogens with one attached hydrogen (secondary N) is 1. The first-order valence-electron chi connectivity index (χ1n) is 5.91. The predicted molar refractivity (Wildman–Crippen MR) is 71.3 cm³/mol. The first kappa shape index (κ1) is 12.4. The van der Waals surface area contributed by atoms with Crippen LogP contribution in [0.1, 0.15) is 17.7 Å². The molecule has 5 heteroatoms. The van der Waals surface area contributed by atoms with Crippen molar-refractivity contribution >= 4 is 17.3 Å². The molecule has 1 saturated carbocycles. The lowest BCUT2D eigenvalue weighted by Gasteiger charge is -2.09. The molecule has 1 heterocycles. The highest BCUT2D eigenvalue weighted by atomic mass is 32.1. The molecule has 0 bridgehead atoms.